The smallest absolute Gasteiger partial charge is 0.332 e. The molecule has 1 aliphatic rings. The average molecular weight is 260 g/mol. The van der Waals surface area contributed by atoms with Gasteiger partial charge in [0, 0.05) is 31.4 Å². The summed E-state index contributed by atoms with van der Waals surface area (Å²) in [6.45, 7) is 4.33. The highest BCUT2D eigenvalue weighted by Crippen LogP contribution is 2.16. The number of carbonyl (C=O) groups is 1. The van der Waals surface area contributed by atoms with Crippen LogP contribution in [-0.4, -0.2) is 30.1 Å². The van der Waals surface area contributed by atoms with Gasteiger partial charge in [-0.25, -0.2) is 4.79 Å². The first-order valence-electron chi connectivity index (χ1n) is 6.54. The van der Waals surface area contributed by atoms with E-state index < -0.39 is 0 Å². The van der Waals surface area contributed by atoms with E-state index in [9.17, 15) is 4.79 Å². The Hall–Kier alpha value is -1.81. The van der Waals surface area contributed by atoms with Gasteiger partial charge in [-0.2, -0.15) is 0 Å². The maximum Gasteiger partial charge on any atom is 0.332 e. The zero-order valence-corrected chi connectivity index (χ0v) is 11.2. The number of hydrogen-bond acceptors (Lipinski definition) is 4. The lowest BCUT2D eigenvalue weighted by Gasteiger charge is -2.15. The van der Waals surface area contributed by atoms with E-state index in [0.29, 0.717) is 5.70 Å². The number of allylic oxidation sites excluding steroid dienone is 1. The fourth-order valence-corrected chi connectivity index (χ4v) is 2.26. The lowest BCUT2D eigenvalue weighted by Crippen LogP contribution is -2.24. The van der Waals surface area contributed by atoms with Gasteiger partial charge in [0.05, 0.1) is 0 Å². The van der Waals surface area contributed by atoms with Crippen molar-refractivity contribution in [3.8, 4) is 0 Å². The summed E-state index contributed by atoms with van der Waals surface area (Å²) in [7, 11) is 0. The first kappa shape index (κ1) is 13.6. The quantitative estimate of drug-likeness (QED) is 0.661. The molecule has 4 nitrogen and oxygen atoms in total. The molecule has 1 fully saturated rings. The summed E-state index contributed by atoms with van der Waals surface area (Å²) in [6, 6.07) is 10.3. The van der Waals surface area contributed by atoms with E-state index in [-0.39, 0.29) is 12.1 Å². The molecule has 1 saturated heterocycles. The summed E-state index contributed by atoms with van der Waals surface area (Å²) in [5.74, 6) is -0.341. The Labute approximate surface area is 113 Å². The van der Waals surface area contributed by atoms with Gasteiger partial charge < -0.3 is 10.5 Å². The van der Waals surface area contributed by atoms with Gasteiger partial charge in [-0.1, -0.05) is 30.3 Å². The number of likely N-dealkylation sites (tertiary alicyclic amines) is 1. The molecule has 2 rings (SSSR count). The molecular formula is C15H20N2O2. The summed E-state index contributed by atoms with van der Waals surface area (Å²) >= 11 is 0. The van der Waals surface area contributed by atoms with Crippen LogP contribution < -0.4 is 5.73 Å². The number of ether oxygens (including phenoxy) is 1. The van der Waals surface area contributed by atoms with Crippen LogP contribution in [0.4, 0.5) is 0 Å². The van der Waals surface area contributed by atoms with Crippen molar-refractivity contribution in [2.24, 2.45) is 5.73 Å². The molecule has 1 aliphatic heterocycles. The van der Waals surface area contributed by atoms with Gasteiger partial charge in [-0.3, -0.25) is 4.90 Å². The van der Waals surface area contributed by atoms with Crippen LogP contribution in [0.2, 0.25) is 0 Å². The Kier molecular flexibility index (Phi) is 4.58. The van der Waals surface area contributed by atoms with Crippen LogP contribution in [0, 0.1) is 0 Å². The van der Waals surface area contributed by atoms with Crippen molar-refractivity contribution in [1.82, 2.24) is 4.90 Å². The van der Waals surface area contributed by atoms with E-state index >= 15 is 0 Å². The minimum absolute atomic E-state index is 0.0215. The molecule has 0 saturated carbocycles. The van der Waals surface area contributed by atoms with E-state index in [0.717, 1.165) is 26.1 Å². The Balaban J connectivity index is 1.80. The molecule has 0 amide bonds. The molecule has 2 N–H and O–H groups in total. The Morgan fingerprint density at radius 2 is 2.21 bits per heavy atom. The van der Waals surface area contributed by atoms with Crippen LogP contribution in [0.5, 0.6) is 0 Å². The van der Waals surface area contributed by atoms with Crippen molar-refractivity contribution >= 4 is 5.97 Å². The van der Waals surface area contributed by atoms with Crippen LogP contribution in [-0.2, 0) is 16.1 Å². The van der Waals surface area contributed by atoms with E-state index in [2.05, 4.69) is 17.0 Å². The predicted octanol–water partition coefficient (Wildman–Crippen LogP) is 1.67. The Bertz CT molecular complexity index is 452. The number of carbonyl (C=O) groups excluding carboxylic acids is 1. The zero-order chi connectivity index (χ0) is 13.7. The fraction of sp³-hybridized carbons (Fsp3) is 0.400. The van der Waals surface area contributed by atoms with Crippen LogP contribution in [0.3, 0.4) is 0 Å². The van der Waals surface area contributed by atoms with E-state index in [1.54, 1.807) is 6.92 Å². The van der Waals surface area contributed by atoms with Gasteiger partial charge in [0.25, 0.3) is 0 Å². The minimum Gasteiger partial charge on any atom is -0.458 e. The van der Waals surface area contributed by atoms with Crippen molar-refractivity contribution in [2.45, 2.75) is 26.0 Å². The van der Waals surface area contributed by atoms with Crippen molar-refractivity contribution in [2.75, 3.05) is 13.1 Å². The number of nitrogens with zero attached hydrogens (tertiary/aromatic N) is 1. The normalized spacial score (nSPS) is 20.5. The van der Waals surface area contributed by atoms with Gasteiger partial charge in [0.2, 0.25) is 0 Å². The lowest BCUT2D eigenvalue weighted by atomic mass is 10.2. The standard InChI is InChI=1S/C15H20N2O2/c1-12(16)9-15(18)19-14-7-8-17(11-14)10-13-5-3-2-4-6-13/h2-6,9,14H,7-8,10-11,16H2,1H3/b12-9-/t14-/m0/s1. The second kappa shape index (κ2) is 6.38. The second-order valence-electron chi connectivity index (χ2n) is 4.96. The van der Waals surface area contributed by atoms with Gasteiger partial charge in [-0.05, 0) is 18.9 Å². The number of nitrogens with two attached hydrogens (primary N) is 1. The SMILES string of the molecule is C/C(N)=C/C(=O)O[C@H]1CCN(Cc2ccccc2)C1. The van der Waals surface area contributed by atoms with Crippen LogP contribution >= 0.6 is 0 Å². The first-order valence-corrected chi connectivity index (χ1v) is 6.54. The highest BCUT2D eigenvalue weighted by atomic mass is 16.5. The van der Waals surface area contributed by atoms with Crippen LogP contribution in [0.15, 0.2) is 42.1 Å². The third kappa shape index (κ3) is 4.41. The molecule has 0 bridgehead atoms. The average Bonchev–Trinajstić information content (AvgIpc) is 2.76. The molecule has 0 aromatic heterocycles. The summed E-state index contributed by atoms with van der Waals surface area (Å²) in [6.07, 6.45) is 2.20. The summed E-state index contributed by atoms with van der Waals surface area (Å²) in [5, 5.41) is 0. The molecule has 1 aromatic carbocycles. The minimum atomic E-state index is -0.341. The number of hydrogen-bond donors (Lipinski definition) is 1. The molecule has 0 aliphatic carbocycles. The summed E-state index contributed by atoms with van der Waals surface area (Å²) < 4.78 is 5.35. The molecule has 0 spiro atoms. The molecule has 4 heteroatoms. The molecule has 1 atom stereocenters. The first-order chi connectivity index (χ1) is 9.13. The van der Waals surface area contributed by atoms with Crippen molar-refractivity contribution in [3.05, 3.63) is 47.7 Å². The van der Waals surface area contributed by atoms with E-state index in [1.165, 1.54) is 11.6 Å². The molecule has 102 valence electrons. The highest BCUT2D eigenvalue weighted by molar-refractivity contribution is 5.82. The third-order valence-corrected chi connectivity index (χ3v) is 3.11. The highest BCUT2D eigenvalue weighted by Gasteiger charge is 2.24. The van der Waals surface area contributed by atoms with Crippen molar-refractivity contribution in [3.63, 3.8) is 0 Å². The third-order valence-electron chi connectivity index (χ3n) is 3.11. The van der Waals surface area contributed by atoms with E-state index in [1.807, 2.05) is 18.2 Å². The zero-order valence-electron chi connectivity index (χ0n) is 11.2. The molecule has 0 unspecified atom stereocenters. The molecule has 1 aromatic rings. The largest absolute Gasteiger partial charge is 0.458 e. The fourth-order valence-electron chi connectivity index (χ4n) is 2.26. The number of benzene rings is 1. The Morgan fingerprint density at radius 1 is 1.47 bits per heavy atom. The lowest BCUT2D eigenvalue weighted by molar-refractivity contribution is -0.142. The van der Waals surface area contributed by atoms with Gasteiger partial charge in [0.1, 0.15) is 6.10 Å². The van der Waals surface area contributed by atoms with Crippen LogP contribution in [0.1, 0.15) is 18.9 Å². The van der Waals surface area contributed by atoms with Gasteiger partial charge >= 0.3 is 5.97 Å². The van der Waals surface area contributed by atoms with Crippen molar-refractivity contribution in [1.29, 1.82) is 0 Å². The molecule has 1 heterocycles. The monoisotopic (exact) mass is 260 g/mol. The van der Waals surface area contributed by atoms with Gasteiger partial charge in [0.15, 0.2) is 0 Å². The van der Waals surface area contributed by atoms with Gasteiger partial charge in [-0.15, -0.1) is 0 Å². The molecular weight excluding hydrogens is 240 g/mol. The Morgan fingerprint density at radius 3 is 2.89 bits per heavy atom. The number of rotatable bonds is 4. The summed E-state index contributed by atoms with van der Waals surface area (Å²) in [4.78, 5) is 13.8. The maximum atomic E-state index is 11.5. The van der Waals surface area contributed by atoms with E-state index in [4.69, 9.17) is 10.5 Å². The predicted molar refractivity (Wildman–Crippen MR) is 74.2 cm³/mol. The summed E-state index contributed by atoms with van der Waals surface area (Å²) in [5.41, 5.74) is 7.21. The van der Waals surface area contributed by atoms with Crippen LogP contribution in [0.25, 0.3) is 0 Å². The molecule has 19 heavy (non-hydrogen) atoms. The topological polar surface area (TPSA) is 55.6 Å². The molecule has 0 radical (unpaired) electrons. The second-order valence-corrected chi connectivity index (χ2v) is 4.96. The number of esters is 1. The van der Waals surface area contributed by atoms with Crippen molar-refractivity contribution < 1.29 is 9.53 Å². The maximum absolute atomic E-state index is 11.5.